The van der Waals surface area contributed by atoms with Crippen LogP contribution in [0.15, 0.2) is 16.2 Å². The van der Waals surface area contributed by atoms with Crippen molar-refractivity contribution in [1.82, 2.24) is 9.97 Å². The lowest BCUT2D eigenvalue weighted by atomic mass is 10.5. The first-order valence-electron chi connectivity index (χ1n) is 4.54. The molecule has 0 aliphatic rings. The van der Waals surface area contributed by atoms with Crippen LogP contribution < -0.4 is 5.73 Å². The molecule has 0 bridgehead atoms. The number of hydrogen-bond acceptors (Lipinski definition) is 7. The van der Waals surface area contributed by atoms with Crippen molar-refractivity contribution in [3.63, 3.8) is 0 Å². The Labute approximate surface area is 103 Å². The third-order valence-electron chi connectivity index (χ3n) is 1.67. The number of nitrogens with zero attached hydrogens (tertiary/aromatic N) is 2. The van der Waals surface area contributed by atoms with Crippen LogP contribution in [0.4, 0.5) is 5.82 Å². The molecule has 1 heterocycles. The zero-order valence-electron chi connectivity index (χ0n) is 9.10. The number of carbonyl (C=O) groups is 1. The molecule has 7 heteroatoms. The molecule has 0 radical (unpaired) electrons. The molecule has 0 unspecified atom stereocenters. The second kappa shape index (κ2) is 6.59. The Morgan fingerprint density at radius 1 is 1.56 bits per heavy atom. The molecule has 88 valence electrons. The van der Waals surface area contributed by atoms with Gasteiger partial charge in [-0.15, -0.1) is 11.8 Å². The first-order chi connectivity index (χ1) is 7.65. The summed E-state index contributed by atoms with van der Waals surface area (Å²) in [4.78, 5) is 19.2. The molecule has 16 heavy (non-hydrogen) atoms. The molecule has 0 saturated heterocycles. The van der Waals surface area contributed by atoms with E-state index >= 15 is 0 Å². The number of anilines is 1. The molecule has 0 spiro atoms. The van der Waals surface area contributed by atoms with Crippen LogP contribution in [-0.4, -0.2) is 35.1 Å². The average Bonchev–Trinajstić information content (AvgIpc) is 2.28. The zero-order valence-corrected chi connectivity index (χ0v) is 10.7. The topological polar surface area (TPSA) is 78.1 Å². The summed E-state index contributed by atoms with van der Waals surface area (Å²) in [7, 11) is 1.38. The molecule has 0 saturated carbocycles. The number of hydrogen-bond donors (Lipinski definition) is 1. The third kappa shape index (κ3) is 4.28. The summed E-state index contributed by atoms with van der Waals surface area (Å²) in [6.07, 6.45) is 2.25. The van der Waals surface area contributed by atoms with Crippen molar-refractivity contribution in [3.05, 3.63) is 6.07 Å². The van der Waals surface area contributed by atoms with Crippen molar-refractivity contribution in [2.45, 2.75) is 16.6 Å². The Hall–Kier alpha value is -0.950. The number of nitrogens with two attached hydrogens (primary N) is 1. The van der Waals surface area contributed by atoms with Crippen LogP contribution in [0.5, 0.6) is 0 Å². The summed E-state index contributed by atoms with van der Waals surface area (Å²) in [5.41, 5.74) is 5.62. The zero-order chi connectivity index (χ0) is 12.0. The minimum absolute atomic E-state index is 0.223. The van der Waals surface area contributed by atoms with Gasteiger partial charge in [0.05, 0.1) is 13.5 Å². The summed E-state index contributed by atoms with van der Waals surface area (Å²) in [5.74, 6) is 0.844. The number of aromatic nitrogens is 2. The lowest BCUT2D eigenvalue weighted by molar-refractivity contribution is -0.140. The van der Waals surface area contributed by atoms with Crippen LogP contribution in [-0.2, 0) is 9.53 Å². The average molecular weight is 259 g/mol. The highest BCUT2D eigenvalue weighted by Gasteiger charge is 2.05. The maximum Gasteiger partial charge on any atom is 0.306 e. The van der Waals surface area contributed by atoms with Crippen molar-refractivity contribution in [2.75, 3.05) is 24.9 Å². The van der Waals surface area contributed by atoms with Crippen molar-refractivity contribution < 1.29 is 9.53 Å². The molecule has 1 aromatic rings. The number of nitrogen functional groups attached to an aromatic ring is 1. The molecule has 1 aromatic heterocycles. The molecular weight excluding hydrogens is 246 g/mol. The van der Waals surface area contributed by atoms with Gasteiger partial charge in [0.25, 0.3) is 0 Å². The van der Waals surface area contributed by atoms with E-state index in [9.17, 15) is 4.79 Å². The Morgan fingerprint density at radius 2 is 2.31 bits per heavy atom. The fourth-order valence-corrected chi connectivity index (χ4v) is 2.20. The van der Waals surface area contributed by atoms with Gasteiger partial charge in [-0.25, -0.2) is 9.97 Å². The van der Waals surface area contributed by atoms with Crippen molar-refractivity contribution >= 4 is 35.3 Å². The van der Waals surface area contributed by atoms with Crippen molar-refractivity contribution in [3.8, 4) is 0 Å². The number of thioether (sulfide) groups is 2. The Kier molecular flexibility index (Phi) is 5.41. The van der Waals surface area contributed by atoms with E-state index in [1.807, 2.05) is 6.26 Å². The van der Waals surface area contributed by atoms with Crippen LogP contribution in [0.25, 0.3) is 0 Å². The van der Waals surface area contributed by atoms with Gasteiger partial charge in [0.1, 0.15) is 10.8 Å². The fraction of sp³-hybridized carbons (Fsp3) is 0.444. The maximum absolute atomic E-state index is 10.9. The van der Waals surface area contributed by atoms with E-state index in [1.165, 1.54) is 30.6 Å². The van der Waals surface area contributed by atoms with Gasteiger partial charge in [0, 0.05) is 11.8 Å². The van der Waals surface area contributed by atoms with Gasteiger partial charge in [-0.05, 0) is 6.26 Å². The Balaban J connectivity index is 2.53. The summed E-state index contributed by atoms with van der Waals surface area (Å²) >= 11 is 2.90. The van der Waals surface area contributed by atoms with E-state index in [-0.39, 0.29) is 5.97 Å². The first kappa shape index (κ1) is 13.1. The molecule has 0 aliphatic carbocycles. The molecule has 5 nitrogen and oxygen atoms in total. The molecule has 0 aliphatic heterocycles. The molecule has 0 atom stereocenters. The van der Waals surface area contributed by atoms with Gasteiger partial charge in [-0.1, -0.05) is 11.8 Å². The van der Waals surface area contributed by atoms with Crippen LogP contribution in [0.2, 0.25) is 0 Å². The van der Waals surface area contributed by atoms with Gasteiger partial charge < -0.3 is 10.5 Å². The molecule has 2 N–H and O–H groups in total. The van der Waals surface area contributed by atoms with Gasteiger partial charge in [-0.3, -0.25) is 4.79 Å². The van der Waals surface area contributed by atoms with Crippen LogP contribution >= 0.6 is 23.5 Å². The van der Waals surface area contributed by atoms with E-state index in [0.29, 0.717) is 23.1 Å². The highest BCUT2D eigenvalue weighted by Crippen LogP contribution is 2.21. The molecular formula is C9H13N3O2S2. The van der Waals surface area contributed by atoms with Crippen LogP contribution in [0.3, 0.4) is 0 Å². The lowest BCUT2D eigenvalue weighted by Gasteiger charge is -2.03. The van der Waals surface area contributed by atoms with Gasteiger partial charge in [0.15, 0.2) is 5.16 Å². The molecule has 0 amide bonds. The SMILES string of the molecule is COC(=O)CCSc1cc(N)nc(SC)n1. The number of carbonyl (C=O) groups excluding carboxylic acids is 1. The lowest BCUT2D eigenvalue weighted by Crippen LogP contribution is -2.02. The largest absolute Gasteiger partial charge is 0.469 e. The molecule has 1 rings (SSSR count). The molecule has 0 aromatic carbocycles. The minimum atomic E-state index is -0.223. The number of ether oxygens (including phenoxy) is 1. The highest BCUT2D eigenvalue weighted by molar-refractivity contribution is 7.99. The highest BCUT2D eigenvalue weighted by atomic mass is 32.2. The predicted octanol–water partition coefficient (Wildman–Crippen LogP) is 1.44. The number of methoxy groups -OCH3 is 1. The second-order valence-electron chi connectivity index (χ2n) is 2.79. The fourth-order valence-electron chi connectivity index (χ4n) is 0.927. The molecule has 0 fully saturated rings. The number of esters is 1. The number of rotatable bonds is 5. The van der Waals surface area contributed by atoms with Gasteiger partial charge in [-0.2, -0.15) is 0 Å². The van der Waals surface area contributed by atoms with Gasteiger partial charge >= 0.3 is 5.97 Å². The predicted molar refractivity (Wildman–Crippen MR) is 65.6 cm³/mol. The summed E-state index contributed by atoms with van der Waals surface area (Å²) < 4.78 is 4.54. The normalized spacial score (nSPS) is 10.1. The summed E-state index contributed by atoms with van der Waals surface area (Å²) in [6.45, 7) is 0. The first-order valence-corrected chi connectivity index (χ1v) is 6.75. The maximum atomic E-state index is 10.9. The van der Waals surface area contributed by atoms with Crippen molar-refractivity contribution in [2.24, 2.45) is 0 Å². The Bertz CT molecular complexity index is 374. The standard InChI is InChI=1S/C9H13N3O2S2/c1-14-8(13)3-4-16-7-5-6(10)11-9(12-7)15-2/h5H,3-4H2,1-2H3,(H2,10,11,12). The minimum Gasteiger partial charge on any atom is -0.469 e. The van der Waals surface area contributed by atoms with E-state index in [0.717, 1.165) is 5.03 Å². The van der Waals surface area contributed by atoms with E-state index < -0.39 is 0 Å². The van der Waals surface area contributed by atoms with Crippen LogP contribution in [0.1, 0.15) is 6.42 Å². The summed E-state index contributed by atoms with van der Waals surface area (Å²) in [6, 6.07) is 1.70. The van der Waals surface area contributed by atoms with Crippen molar-refractivity contribution in [1.29, 1.82) is 0 Å². The quantitative estimate of drug-likeness (QED) is 0.371. The van der Waals surface area contributed by atoms with Gasteiger partial charge in [0.2, 0.25) is 0 Å². The third-order valence-corrected chi connectivity index (χ3v) is 3.13. The van der Waals surface area contributed by atoms with E-state index in [1.54, 1.807) is 6.07 Å². The monoisotopic (exact) mass is 259 g/mol. The van der Waals surface area contributed by atoms with Crippen LogP contribution in [0, 0.1) is 0 Å². The second-order valence-corrected chi connectivity index (χ2v) is 4.68. The van der Waals surface area contributed by atoms with E-state index in [4.69, 9.17) is 5.73 Å². The Morgan fingerprint density at radius 3 is 2.94 bits per heavy atom. The smallest absolute Gasteiger partial charge is 0.306 e. The summed E-state index contributed by atoms with van der Waals surface area (Å²) in [5, 5.41) is 1.42. The van der Waals surface area contributed by atoms with E-state index in [2.05, 4.69) is 14.7 Å².